The number of rotatable bonds is 8. The number of hydrogen-bond donors (Lipinski definition) is 2. The summed E-state index contributed by atoms with van der Waals surface area (Å²) in [5.41, 5.74) is 3.31. The van der Waals surface area contributed by atoms with E-state index in [0.717, 1.165) is 41.5 Å². The number of likely N-dealkylation sites (tertiary alicyclic amines) is 1. The lowest BCUT2D eigenvalue weighted by molar-refractivity contribution is 0.0945. The Morgan fingerprint density at radius 3 is 2.52 bits per heavy atom. The molecule has 0 bridgehead atoms. The van der Waals surface area contributed by atoms with Crippen LogP contribution in [-0.4, -0.2) is 58.9 Å². The molecule has 1 aliphatic heterocycles. The number of anilines is 1. The first-order valence-electron chi connectivity index (χ1n) is 10.9. The molecule has 1 fully saturated rings. The summed E-state index contributed by atoms with van der Waals surface area (Å²) in [6.07, 6.45) is 2.49. The van der Waals surface area contributed by atoms with Crippen LogP contribution in [0.3, 0.4) is 0 Å². The molecule has 31 heavy (non-hydrogen) atoms. The summed E-state index contributed by atoms with van der Waals surface area (Å²) in [6.45, 7) is 12.0. The molecule has 8 heteroatoms. The van der Waals surface area contributed by atoms with E-state index in [1.165, 1.54) is 24.2 Å². The molecule has 0 saturated carbocycles. The number of carbonyl (C=O) groups is 2. The van der Waals surface area contributed by atoms with Gasteiger partial charge in [0.2, 0.25) is 0 Å². The van der Waals surface area contributed by atoms with Crippen LogP contribution >= 0.6 is 11.3 Å². The van der Waals surface area contributed by atoms with Crippen molar-refractivity contribution >= 4 is 29.0 Å². The van der Waals surface area contributed by atoms with Gasteiger partial charge in [0.15, 0.2) is 0 Å². The van der Waals surface area contributed by atoms with Gasteiger partial charge in [-0.2, -0.15) is 0 Å². The average Bonchev–Trinajstić information content (AvgIpc) is 3.40. The Morgan fingerprint density at radius 1 is 1.19 bits per heavy atom. The SMILES string of the molecule is Cc1cccc(C)c1NC(=O)N(Cc1nc(C(=O)NCCN2CCCC2)cs1)C(C)C. The fourth-order valence-electron chi connectivity index (χ4n) is 3.74. The lowest BCUT2D eigenvalue weighted by Crippen LogP contribution is -2.39. The zero-order chi connectivity index (χ0) is 22.4. The van der Waals surface area contributed by atoms with Crippen molar-refractivity contribution in [2.45, 2.75) is 53.1 Å². The van der Waals surface area contributed by atoms with Gasteiger partial charge in [-0.1, -0.05) is 18.2 Å². The lowest BCUT2D eigenvalue weighted by atomic mass is 10.1. The Hall–Kier alpha value is -2.45. The van der Waals surface area contributed by atoms with Crippen LogP contribution in [0.25, 0.3) is 0 Å². The van der Waals surface area contributed by atoms with Crippen LogP contribution < -0.4 is 10.6 Å². The molecule has 0 atom stereocenters. The largest absolute Gasteiger partial charge is 0.349 e. The van der Waals surface area contributed by atoms with E-state index in [9.17, 15) is 9.59 Å². The van der Waals surface area contributed by atoms with Crippen LogP contribution in [0.5, 0.6) is 0 Å². The number of urea groups is 1. The van der Waals surface area contributed by atoms with E-state index in [1.54, 1.807) is 10.3 Å². The molecule has 0 unspecified atom stereocenters. The maximum atomic E-state index is 13.0. The smallest absolute Gasteiger partial charge is 0.322 e. The van der Waals surface area contributed by atoms with E-state index < -0.39 is 0 Å². The van der Waals surface area contributed by atoms with Gasteiger partial charge in [0, 0.05) is 30.2 Å². The summed E-state index contributed by atoms with van der Waals surface area (Å²) >= 11 is 1.41. The molecule has 1 saturated heterocycles. The summed E-state index contributed by atoms with van der Waals surface area (Å²) in [5, 5.41) is 8.51. The number of aryl methyl sites for hydroxylation is 2. The van der Waals surface area contributed by atoms with E-state index in [1.807, 2.05) is 45.9 Å². The second-order valence-corrected chi connectivity index (χ2v) is 9.29. The number of nitrogens with zero attached hydrogens (tertiary/aromatic N) is 3. The summed E-state index contributed by atoms with van der Waals surface area (Å²) in [7, 11) is 0. The number of para-hydroxylation sites is 1. The zero-order valence-corrected chi connectivity index (χ0v) is 19.7. The van der Waals surface area contributed by atoms with Crippen LogP contribution in [0.4, 0.5) is 10.5 Å². The van der Waals surface area contributed by atoms with Crippen molar-refractivity contribution < 1.29 is 9.59 Å². The first-order valence-corrected chi connectivity index (χ1v) is 11.8. The third-order valence-corrected chi connectivity index (χ3v) is 6.43. The monoisotopic (exact) mass is 443 g/mol. The molecule has 2 N–H and O–H groups in total. The van der Waals surface area contributed by atoms with Crippen molar-refractivity contribution in [3.05, 3.63) is 45.4 Å². The maximum Gasteiger partial charge on any atom is 0.322 e. The van der Waals surface area contributed by atoms with E-state index in [-0.39, 0.29) is 18.0 Å². The minimum Gasteiger partial charge on any atom is -0.349 e. The summed E-state index contributed by atoms with van der Waals surface area (Å²) < 4.78 is 0. The van der Waals surface area contributed by atoms with Gasteiger partial charge in [-0.3, -0.25) is 4.79 Å². The molecule has 0 aliphatic carbocycles. The minimum absolute atomic E-state index is 0.00837. The number of aromatic nitrogens is 1. The highest BCUT2D eigenvalue weighted by Crippen LogP contribution is 2.21. The molecule has 3 amide bonds. The molecular formula is C23H33N5O2S. The average molecular weight is 444 g/mol. The molecule has 1 aliphatic rings. The second kappa shape index (κ2) is 10.7. The quantitative estimate of drug-likeness (QED) is 0.646. The van der Waals surface area contributed by atoms with Crippen molar-refractivity contribution in [3.63, 3.8) is 0 Å². The Morgan fingerprint density at radius 2 is 1.87 bits per heavy atom. The second-order valence-electron chi connectivity index (χ2n) is 8.35. The van der Waals surface area contributed by atoms with E-state index >= 15 is 0 Å². The van der Waals surface area contributed by atoms with Crippen LogP contribution in [0.2, 0.25) is 0 Å². The van der Waals surface area contributed by atoms with Crippen molar-refractivity contribution in [1.29, 1.82) is 0 Å². The lowest BCUT2D eigenvalue weighted by Gasteiger charge is -2.27. The van der Waals surface area contributed by atoms with Crippen molar-refractivity contribution in [2.75, 3.05) is 31.5 Å². The molecule has 0 spiro atoms. The fourth-order valence-corrected chi connectivity index (χ4v) is 4.51. The van der Waals surface area contributed by atoms with E-state index in [4.69, 9.17) is 0 Å². The predicted molar refractivity (Wildman–Crippen MR) is 126 cm³/mol. The number of carbonyl (C=O) groups excluding carboxylic acids is 2. The third-order valence-electron chi connectivity index (χ3n) is 5.60. The minimum atomic E-state index is -0.167. The Bertz CT molecular complexity index is 885. The van der Waals surface area contributed by atoms with Crippen LogP contribution in [-0.2, 0) is 6.54 Å². The summed E-state index contributed by atoms with van der Waals surface area (Å²) in [6, 6.07) is 5.77. The van der Waals surface area contributed by atoms with Crippen LogP contribution in [0, 0.1) is 13.8 Å². The molecular weight excluding hydrogens is 410 g/mol. The summed E-state index contributed by atoms with van der Waals surface area (Å²) in [4.78, 5) is 34.0. The highest BCUT2D eigenvalue weighted by Gasteiger charge is 2.21. The first-order chi connectivity index (χ1) is 14.8. The van der Waals surface area contributed by atoms with Gasteiger partial charge in [0.25, 0.3) is 5.91 Å². The number of amides is 3. The van der Waals surface area contributed by atoms with Crippen LogP contribution in [0.1, 0.15) is 53.3 Å². The Kier molecular flexibility index (Phi) is 8.03. The molecule has 1 aromatic heterocycles. The molecule has 2 aromatic rings. The predicted octanol–water partition coefficient (Wildman–Crippen LogP) is 4.03. The van der Waals surface area contributed by atoms with Crippen molar-refractivity contribution in [1.82, 2.24) is 20.1 Å². The number of hydrogen-bond acceptors (Lipinski definition) is 5. The zero-order valence-electron chi connectivity index (χ0n) is 18.9. The molecule has 168 valence electrons. The van der Waals surface area contributed by atoms with Gasteiger partial charge in [-0.25, -0.2) is 9.78 Å². The van der Waals surface area contributed by atoms with Gasteiger partial charge >= 0.3 is 6.03 Å². The van der Waals surface area contributed by atoms with Gasteiger partial charge in [0.1, 0.15) is 10.7 Å². The highest BCUT2D eigenvalue weighted by molar-refractivity contribution is 7.09. The Labute approximate surface area is 188 Å². The number of benzene rings is 1. The van der Waals surface area contributed by atoms with E-state index in [0.29, 0.717) is 18.8 Å². The standard InChI is InChI=1S/C23H33N5O2S/c1-16(2)28(23(30)26-21-17(3)8-7-9-18(21)4)14-20-25-19(15-31-20)22(29)24-10-13-27-11-5-6-12-27/h7-9,15-16H,5-6,10-14H2,1-4H3,(H,24,29)(H,26,30). The van der Waals surface area contributed by atoms with Crippen molar-refractivity contribution in [3.8, 4) is 0 Å². The fraction of sp³-hybridized carbons (Fsp3) is 0.522. The van der Waals surface area contributed by atoms with Gasteiger partial charge in [-0.15, -0.1) is 11.3 Å². The topological polar surface area (TPSA) is 77.6 Å². The molecule has 2 heterocycles. The summed E-state index contributed by atoms with van der Waals surface area (Å²) in [5.74, 6) is -0.155. The molecule has 3 rings (SSSR count). The molecule has 7 nitrogen and oxygen atoms in total. The Balaban J connectivity index is 1.58. The third kappa shape index (κ3) is 6.27. The highest BCUT2D eigenvalue weighted by atomic mass is 32.1. The van der Waals surface area contributed by atoms with Crippen LogP contribution in [0.15, 0.2) is 23.6 Å². The molecule has 0 radical (unpaired) electrons. The molecule has 1 aromatic carbocycles. The van der Waals surface area contributed by atoms with Crippen molar-refractivity contribution in [2.24, 2.45) is 0 Å². The van der Waals surface area contributed by atoms with Gasteiger partial charge in [0.05, 0.1) is 6.54 Å². The van der Waals surface area contributed by atoms with Gasteiger partial charge < -0.3 is 20.4 Å². The maximum absolute atomic E-state index is 13.0. The van der Waals surface area contributed by atoms with Gasteiger partial charge in [-0.05, 0) is 64.8 Å². The first kappa shape index (κ1) is 23.2. The van der Waals surface area contributed by atoms with E-state index in [2.05, 4.69) is 20.5 Å². The number of thiazole rings is 1. The number of nitrogens with one attached hydrogen (secondary N) is 2. The normalized spacial score (nSPS) is 14.1.